The zero-order chi connectivity index (χ0) is 49.2. The number of nitrogens with zero attached hydrogens (tertiary/aromatic N) is 1. The van der Waals surface area contributed by atoms with Gasteiger partial charge in [0.1, 0.15) is 13.2 Å². The molecular formula is C58H98NO8+. The molecule has 9 nitrogen and oxygen atoms in total. The van der Waals surface area contributed by atoms with Crippen LogP contribution in [0.2, 0.25) is 0 Å². The fraction of sp³-hybridized carbons (Fsp3) is 0.672. The van der Waals surface area contributed by atoms with Gasteiger partial charge in [-0.1, -0.05) is 182 Å². The molecule has 0 bridgehead atoms. The van der Waals surface area contributed by atoms with Crippen LogP contribution in [0.15, 0.2) is 97.2 Å². The summed E-state index contributed by atoms with van der Waals surface area (Å²) in [6.45, 7) is 4.69. The van der Waals surface area contributed by atoms with Crippen LogP contribution in [-0.2, 0) is 33.3 Å². The van der Waals surface area contributed by atoms with E-state index in [4.69, 9.17) is 18.9 Å². The first-order valence-corrected chi connectivity index (χ1v) is 26.4. The number of quaternary nitrogens is 1. The van der Waals surface area contributed by atoms with Crippen LogP contribution in [0.1, 0.15) is 194 Å². The van der Waals surface area contributed by atoms with Crippen LogP contribution in [0, 0.1) is 0 Å². The van der Waals surface area contributed by atoms with Crippen LogP contribution < -0.4 is 0 Å². The molecule has 0 spiro atoms. The molecule has 0 aliphatic carbocycles. The molecule has 67 heavy (non-hydrogen) atoms. The molecule has 2 atom stereocenters. The van der Waals surface area contributed by atoms with Crippen molar-refractivity contribution in [3.8, 4) is 0 Å². The van der Waals surface area contributed by atoms with E-state index in [9.17, 15) is 19.5 Å². The molecule has 0 aromatic rings. The largest absolute Gasteiger partial charge is 0.477 e. The Morgan fingerprint density at radius 1 is 0.463 bits per heavy atom. The summed E-state index contributed by atoms with van der Waals surface area (Å²) in [7, 11) is 5.95. The van der Waals surface area contributed by atoms with E-state index in [1.807, 2.05) is 21.1 Å². The van der Waals surface area contributed by atoms with Gasteiger partial charge in [-0.2, -0.15) is 0 Å². The Kier molecular flexibility index (Phi) is 45.9. The van der Waals surface area contributed by atoms with Gasteiger partial charge in [-0.3, -0.25) is 9.59 Å². The van der Waals surface area contributed by atoms with E-state index in [1.54, 1.807) is 0 Å². The van der Waals surface area contributed by atoms with Gasteiger partial charge in [-0.05, 0) is 96.3 Å². The molecule has 0 aliphatic heterocycles. The van der Waals surface area contributed by atoms with Gasteiger partial charge in [0.2, 0.25) is 0 Å². The third-order valence-electron chi connectivity index (χ3n) is 10.8. The summed E-state index contributed by atoms with van der Waals surface area (Å²) in [5.74, 6) is -2.05. The molecule has 0 saturated carbocycles. The molecule has 0 saturated heterocycles. The second kappa shape index (κ2) is 48.7. The number of unbranched alkanes of at least 4 members (excludes halogenated alkanes) is 16. The molecule has 0 aliphatic rings. The summed E-state index contributed by atoms with van der Waals surface area (Å²) in [5, 5.41) is 9.68. The number of hydrogen-bond donors (Lipinski definition) is 1. The van der Waals surface area contributed by atoms with Crippen molar-refractivity contribution >= 4 is 17.9 Å². The maximum Gasteiger partial charge on any atom is 0.361 e. The van der Waals surface area contributed by atoms with E-state index in [0.717, 1.165) is 116 Å². The van der Waals surface area contributed by atoms with E-state index < -0.39 is 24.3 Å². The first-order chi connectivity index (χ1) is 32.6. The zero-order valence-electron chi connectivity index (χ0n) is 43.3. The van der Waals surface area contributed by atoms with Crippen LogP contribution in [-0.4, -0.2) is 87.4 Å². The van der Waals surface area contributed by atoms with Crippen molar-refractivity contribution in [2.75, 3.05) is 47.5 Å². The normalized spacial score (nSPS) is 13.6. The molecule has 0 radical (unpaired) electrons. The number of likely N-dealkylation sites (N-methyl/N-ethyl adjacent to an activating group) is 1. The van der Waals surface area contributed by atoms with Gasteiger partial charge in [-0.25, -0.2) is 4.79 Å². The molecule has 0 heterocycles. The Morgan fingerprint density at radius 3 is 1.27 bits per heavy atom. The fourth-order valence-corrected chi connectivity index (χ4v) is 6.75. The highest BCUT2D eigenvalue weighted by Crippen LogP contribution is 2.13. The third-order valence-corrected chi connectivity index (χ3v) is 10.8. The maximum absolute atomic E-state index is 12.8. The average Bonchev–Trinajstić information content (AvgIpc) is 3.29. The summed E-state index contributed by atoms with van der Waals surface area (Å²) < 4.78 is 22.8. The van der Waals surface area contributed by atoms with Gasteiger partial charge in [0.15, 0.2) is 6.10 Å². The molecule has 0 aromatic heterocycles. The molecule has 2 unspecified atom stereocenters. The highest BCUT2D eigenvalue weighted by Gasteiger charge is 2.25. The predicted octanol–water partition coefficient (Wildman–Crippen LogP) is 15.0. The number of carbonyl (C=O) groups is 3. The second-order valence-electron chi connectivity index (χ2n) is 18.4. The van der Waals surface area contributed by atoms with Gasteiger partial charge < -0.3 is 28.5 Å². The van der Waals surface area contributed by atoms with Crippen molar-refractivity contribution < 1.29 is 42.9 Å². The van der Waals surface area contributed by atoms with Crippen molar-refractivity contribution in [2.45, 2.75) is 206 Å². The van der Waals surface area contributed by atoms with Gasteiger partial charge in [0.05, 0.1) is 34.4 Å². The van der Waals surface area contributed by atoms with Crippen molar-refractivity contribution in [1.29, 1.82) is 0 Å². The van der Waals surface area contributed by atoms with Gasteiger partial charge in [0.25, 0.3) is 6.29 Å². The molecule has 1 N–H and O–H groups in total. The SMILES string of the molecule is CC/C=C\C/C=C\C/C=C\C/C=C\C/C=C\C/C=C\CCCCCCCCC(=O)OC(COC(=O)CCCCCCCCC/C=C\C/C=C\CCCCC)COC(OCC[N+](C)(C)C)C(=O)O. The number of aliphatic carboxylic acids is 1. The minimum absolute atomic E-state index is 0.178. The lowest BCUT2D eigenvalue weighted by atomic mass is 10.1. The van der Waals surface area contributed by atoms with Gasteiger partial charge in [-0.15, -0.1) is 0 Å². The van der Waals surface area contributed by atoms with Crippen molar-refractivity contribution in [3.05, 3.63) is 97.2 Å². The summed E-state index contributed by atoms with van der Waals surface area (Å²) in [5.41, 5.74) is 0. The Balaban J connectivity index is 4.39. The molecule has 0 aromatic carbocycles. The summed E-state index contributed by atoms with van der Waals surface area (Å²) in [6, 6.07) is 0. The summed E-state index contributed by atoms with van der Waals surface area (Å²) in [6.07, 6.45) is 61.8. The minimum atomic E-state index is -1.52. The van der Waals surface area contributed by atoms with Crippen molar-refractivity contribution in [3.63, 3.8) is 0 Å². The fourth-order valence-electron chi connectivity index (χ4n) is 6.75. The Bertz CT molecular complexity index is 1420. The Hall–Kier alpha value is -3.79. The molecule has 0 amide bonds. The third kappa shape index (κ3) is 49.9. The smallest absolute Gasteiger partial charge is 0.361 e. The van der Waals surface area contributed by atoms with E-state index in [0.29, 0.717) is 17.4 Å². The summed E-state index contributed by atoms with van der Waals surface area (Å²) in [4.78, 5) is 37.3. The number of ether oxygens (including phenoxy) is 4. The van der Waals surface area contributed by atoms with Crippen LogP contribution >= 0.6 is 0 Å². The zero-order valence-corrected chi connectivity index (χ0v) is 43.3. The van der Waals surface area contributed by atoms with Crippen LogP contribution in [0.5, 0.6) is 0 Å². The number of carbonyl (C=O) groups excluding carboxylic acids is 2. The monoisotopic (exact) mass is 937 g/mol. The Labute approximate surface area is 410 Å². The minimum Gasteiger partial charge on any atom is -0.477 e. The second-order valence-corrected chi connectivity index (χ2v) is 18.4. The molecule has 9 heteroatoms. The number of carboxylic acid groups (broad SMARTS) is 1. The standard InChI is InChI=1S/C58H97NO8/c1-6-8-10-12-14-16-18-20-22-24-25-26-27-28-29-30-31-33-35-37-39-41-43-45-47-49-56(61)67-54(53-66-58(57(62)63)64-51-50-59(3,4)5)52-65-55(60)48-46-44-42-40-38-36-34-32-23-21-19-17-15-13-11-9-7-2/h8,10,14-17,20-23,25-26,28-29,31,33,54,58H,6-7,9,11-13,18-19,24,27,30,32,34-53H2,1-5H3/p+1/b10-8-,16-14-,17-15-,22-20-,23-21-,26-25-,29-28-,33-31-. The van der Waals surface area contributed by atoms with Crippen LogP contribution in [0.25, 0.3) is 0 Å². The topological polar surface area (TPSA) is 108 Å². The maximum atomic E-state index is 12.8. The quantitative estimate of drug-likeness (QED) is 0.0211. The summed E-state index contributed by atoms with van der Waals surface area (Å²) >= 11 is 0. The molecule has 382 valence electrons. The van der Waals surface area contributed by atoms with Gasteiger partial charge in [0, 0.05) is 12.8 Å². The number of esters is 2. The van der Waals surface area contributed by atoms with Crippen LogP contribution in [0.4, 0.5) is 0 Å². The van der Waals surface area contributed by atoms with E-state index in [-0.39, 0.29) is 38.6 Å². The number of rotatable bonds is 47. The lowest BCUT2D eigenvalue weighted by Gasteiger charge is -2.25. The highest BCUT2D eigenvalue weighted by atomic mass is 16.7. The highest BCUT2D eigenvalue weighted by molar-refractivity contribution is 5.71. The number of carboxylic acids is 1. The molecule has 0 fully saturated rings. The first-order valence-electron chi connectivity index (χ1n) is 26.4. The number of allylic oxidation sites excluding steroid dienone is 16. The lowest BCUT2D eigenvalue weighted by Crippen LogP contribution is -2.40. The van der Waals surface area contributed by atoms with E-state index in [1.165, 1.54) is 44.9 Å². The van der Waals surface area contributed by atoms with Crippen LogP contribution in [0.3, 0.4) is 0 Å². The first kappa shape index (κ1) is 63.2. The van der Waals surface area contributed by atoms with Crippen molar-refractivity contribution in [1.82, 2.24) is 0 Å². The number of hydrogen-bond acceptors (Lipinski definition) is 7. The van der Waals surface area contributed by atoms with E-state index in [2.05, 4.69) is 111 Å². The lowest BCUT2D eigenvalue weighted by molar-refractivity contribution is -0.870. The Morgan fingerprint density at radius 2 is 0.851 bits per heavy atom. The average molecular weight is 937 g/mol. The van der Waals surface area contributed by atoms with Gasteiger partial charge >= 0.3 is 17.9 Å². The van der Waals surface area contributed by atoms with Crippen molar-refractivity contribution in [2.24, 2.45) is 0 Å². The molecular weight excluding hydrogens is 839 g/mol. The molecule has 0 rings (SSSR count). The van der Waals surface area contributed by atoms with E-state index >= 15 is 0 Å². The predicted molar refractivity (Wildman–Crippen MR) is 281 cm³/mol.